The molecule has 90 valence electrons. The highest BCUT2D eigenvalue weighted by Gasteiger charge is 2.13. The summed E-state index contributed by atoms with van der Waals surface area (Å²) in [6, 6.07) is 11.8. The maximum absolute atomic E-state index is 10.2. The van der Waals surface area contributed by atoms with Gasteiger partial charge in [-0.1, -0.05) is 36.4 Å². The second-order valence-corrected chi connectivity index (χ2v) is 4.57. The number of para-hydroxylation sites is 2. The molecule has 1 heterocycles. The summed E-state index contributed by atoms with van der Waals surface area (Å²) in [4.78, 5) is 0. The van der Waals surface area contributed by atoms with Crippen molar-refractivity contribution in [2.45, 2.75) is 13.8 Å². The van der Waals surface area contributed by atoms with Crippen LogP contribution in [0.25, 0.3) is 22.1 Å². The van der Waals surface area contributed by atoms with Crippen molar-refractivity contribution in [1.29, 1.82) is 0 Å². The minimum atomic E-state index is 0.321. The van der Waals surface area contributed by atoms with Gasteiger partial charge >= 0.3 is 0 Å². The lowest BCUT2D eigenvalue weighted by Gasteiger charge is -2.05. The third-order valence-corrected chi connectivity index (χ3v) is 3.32. The maximum Gasteiger partial charge on any atom is 0.137 e. The van der Waals surface area contributed by atoms with Crippen LogP contribution in [0.5, 0.6) is 5.75 Å². The van der Waals surface area contributed by atoms with E-state index in [1.54, 1.807) is 6.26 Å². The van der Waals surface area contributed by atoms with Crippen molar-refractivity contribution in [3.63, 3.8) is 0 Å². The summed E-state index contributed by atoms with van der Waals surface area (Å²) in [7, 11) is 0. The van der Waals surface area contributed by atoms with Crippen LogP contribution in [0.1, 0.15) is 11.1 Å². The predicted octanol–water partition coefficient (Wildman–Crippen LogP) is 4.42. The number of hydrogen-bond donors (Lipinski definition) is 1. The third-order valence-electron chi connectivity index (χ3n) is 3.32. The molecule has 0 bridgehead atoms. The lowest BCUT2D eigenvalue weighted by molar-refractivity contribution is 0.473. The molecular weight excluding hydrogens is 224 g/mol. The summed E-state index contributed by atoms with van der Waals surface area (Å²) in [6.45, 7) is 3.91. The number of phenols is 1. The van der Waals surface area contributed by atoms with Gasteiger partial charge in [0.2, 0.25) is 0 Å². The zero-order valence-corrected chi connectivity index (χ0v) is 10.4. The minimum Gasteiger partial charge on any atom is -0.507 e. The van der Waals surface area contributed by atoms with Crippen LogP contribution < -0.4 is 0 Å². The Morgan fingerprint density at radius 1 is 0.889 bits per heavy atom. The number of phenolic OH excluding ortho intramolecular Hbond substituents is 1. The molecule has 0 amide bonds. The molecule has 2 nitrogen and oxygen atoms in total. The molecule has 2 heteroatoms. The summed E-state index contributed by atoms with van der Waals surface area (Å²) < 4.78 is 5.62. The van der Waals surface area contributed by atoms with Crippen molar-refractivity contribution in [3.8, 4) is 16.9 Å². The molecule has 0 saturated heterocycles. The molecule has 0 aliphatic heterocycles. The van der Waals surface area contributed by atoms with E-state index in [4.69, 9.17) is 4.42 Å². The number of rotatable bonds is 1. The van der Waals surface area contributed by atoms with Crippen molar-refractivity contribution in [2.24, 2.45) is 0 Å². The molecule has 0 fully saturated rings. The van der Waals surface area contributed by atoms with Crippen molar-refractivity contribution in [3.05, 3.63) is 53.8 Å². The zero-order chi connectivity index (χ0) is 12.7. The Morgan fingerprint density at radius 2 is 1.61 bits per heavy atom. The molecule has 0 spiro atoms. The molecular formula is C16H14O2. The SMILES string of the molecule is Cc1cccc(-c2coc3c(C)cccc23)c1O. The van der Waals surface area contributed by atoms with Crippen LogP contribution in [-0.4, -0.2) is 5.11 Å². The van der Waals surface area contributed by atoms with Crippen LogP contribution in [0.4, 0.5) is 0 Å². The van der Waals surface area contributed by atoms with E-state index in [0.717, 1.165) is 33.2 Å². The van der Waals surface area contributed by atoms with Gasteiger partial charge in [0, 0.05) is 16.5 Å². The summed E-state index contributed by atoms with van der Waals surface area (Å²) in [6.07, 6.45) is 1.71. The Labute approximate surface area is 105 Å². The highest BCUT2D eigenvalue weighted by molar-refractivity contribution is 5.96. The van der Waals surface area contributed by atoms with Crippen LogP contribution in [0.3, 0.4) is 0 Å². The van der Waals surface area contributed by atoms with Crippen molar-refractivity contribution in [1.82, 2.24) is 0 Å². The molecule has 1 N–H and O–H groups in total. The van der Waals surface area contributed by atoms with E-state index < -0.39 is 0 Å². The van der Waals surface area contributed by atoms with Crippen molar-refractivity contribution < 1.29 is 9.52 Å². The predicted molar refractivity (Wildman–Crippen MR) is 72.8 cm³/mol. The van der Waals surface area contributed by atoms with Crippen LogP contribution in [-0.2, 0) is 0 Å². The first-order valence-corrected chi connectivity index (χ1v) is 5.94. The van der Waals surface area contributed by atoms with E-state index in [1.165, 1.54) is 0 Å². The van der Waals surface area contributed by atoms with Crippen LogP contribution in [0.2, 0.25) is 0 Å². The Hall–Kier alpha value is -2.22. The molecule has 2 aromatic carbocycles. The van der Waals surface area contributed by atoms with E-state index in [0.29, 0.717) is 5.75 Å². The number of fused-ring (bicyclic) bond motifs is 1. The standard InChI is InChI=1S/C16H14O2/c1-10-5-3-7-12(15(10)17)14-9-18-16-11(2)6-4-8-13(14)16/h3-9,17H,1-2H3. The minimum absolute atomic E-state index is 0.321. The Morgan fingerprint density at radius 3 is 2.44 bits per heavy atom. The zero-order valence-electron chi connectivity index (χ0n) is 10.4. The highest BCUT2D eigenvalue weighted by atomic mass is 16.3. The first-order valence-electron chi connectivity index (χ1n) is 5.94. The summed E-state index contributed by atoms with van der Waals surface area (Å²) >= 11 is 0. The van der Waals surface area contributed by atoms with Gasteiger partial charge in [0.05, 0.1) is 6.26 Å². The van der Waals surface area contributed by atoms with E-state index in [2.05, 4.69) is 0 Å². The van der Waals surface area contributed by atoms with Crippen LogP contribution >= 0.6 is 0 Å². The molecule has 1 aromatic heterocycles. The molecule has 3 aromatic rings. The molecule has 0 aliphatic carbocycles. The van der Waals surface area contributed by atoms with E-state index in [1.807, 2.05) is 50.2 Å². The average molecular weight is 238 g/mol. The molecule has 0 radical (unpaired) electrons. The highest BCUT2D eigenvalue weighted by Crippen LogP contribution is 2.37. The molecule has 3 rings (SSSR count). The van der Waals surface area contributed by atoms with Gasteiger partial charge in [0.25, 0.3) is 0 Å². The second kappa shape index (κ2) is 3.91. The number of benzene rings is 2. The molecule has 18 heavy (non-hydrogen) atoms. The fraction of sp³-hybridized carbons (Fsp3) is 0.125. The molecule has 0 atom stereocenters. The largest absolute Gasteiger partial charge is 0.507 e. The fourth-order valence-corrected chi connectivity index (χ4v) is 2.29. The lowest BCUT2D eigenvalue weighted by atomic mass is 10.0. The van der Waals surface area contributed by atoms with Crippen LogP contribution in [0, 0.1) is 13.8 Å². The monoisotopic (exact) mass is 238 g/mol. The van der Waals surface area contributed by atoms with Crippen molar-refractivity contribution in [2.75, 3.05) is 0 Å². The van der Waals surface area contributed by atoms with Gasteiger partial charge < -0.3 is 9.52 Å². The summed E-state index contributed by atoms with van der Waals surface area (Å²) in [5.41, 5.74) is 4.61. The van der Waals surface area contributed by atoms with Gasteiger partial charge in [-0.2, -0.15) is 0 Å². The fourth-order valence-electron chi connectivity index (χ4n) is 2.29. The maximum atomic E-state index is 10.2. The van der Waals surface area contributed by atoms with Crippen LogP contribution in [0.15, 0.2) is 47.1 Å². The van der Waals surface area contributed by atoms with Gasteiger partial charge in [0.1, 0.15) is 11.3 Å². The average Bonchev–Trinajstić information content (AvgIpc) is 2.78. The number of furan rings is 1. The Bertz CT molecular complexity index is 723. The molecule has 0 saturated carbocycles. The number of hydrogen-bond acceptors (Lipinski definition) is 2. The quantitative estimate of drug-likeness (QED) is 0.680. The number of aryl methyl sites for hydroxylation is 2. The summed E-state index contributed by atoms with van der Waals surface area (Å²) in [5.74, 6) is 0.321. The summed E-state index contributed by atoms with van der Waals surface area (Å²) in [5, 5.41) is 11.2. The van der Waals surface area contributed by atoms with Crippen molar-refractivity contribution >= 4 is 11.0 Å². The Kier molecular flexibility index (Phi) is 2.37. The van der Waals surface area contributed by atoms with Gasteiger partial charge in [-0.25, -0.2) is 0 Å². The smallest absolute Gasteiger partial charge is 0.137 e. The first kappa shape index (κ1) is 10.9. The molecule has 0 unspecified atom stereocenters. The van der Waals surface area contributed by atoms with E-state index in [9.17, 15) is 5.11 Å². The van der Waals surface area contributed by atoms with Gasteiger partial charge in [0.15, 0.2) is 0 Å². The van der Waals surface area contributed by atoms with E-state index >= 15 is 0 Å². The van der Waals surface area contributed by atoms with Gasteiger partial charge in [-0.3, -0.25) is 0 Å². The van der Waals surface area contributed by atoms with Gasteiger partial charge in [-0.15, -0.1) is 0 Å². The number of aromatic hydroxyl groups is 1. The van der Waals surface area contributed by atoms with E-state index in [-0.39, 0.29) is 0 Å². The second-order valence-electron chi connectivity index (χ2n) is 4.57. The normalized spacial score (nSPS) is 11.0. The lowest BCUT2D eigenvalue weighted by Crippen LogP contribution is -1.81. The molecule has 0 aliphatic rings. The third kappa shape index (κ3) is 1.50. The first-order chi connectivity index (χ1) is 8.68. The van der Waals surface area contributed by atoms with Gasteiger partial charge in [-0.05, 0) is 25.0 Å². The Balaban J connectivity index is 2.33. The topological polar surface area (TPSA) is 33.4 Å².